The van der Waals surface area contributed by atoms with Crippen molar-refractivity contribution < 1.29 is 9.18 Å². The van der Waals surface area contributed by atoms with Crippen molar-refractivity contribution in [3.8, 4) is 0 Å². The van der Waals surface area contributed by atoms with Gasteiger partial charge in [-0.3, -0.25) is 4.79 Å². The zero-order valence-corrected chi connectivity index (χ0v) is 8.42. The van der Waals surface area contributed by atoms with Crippen LogP contribution < -0.4 is 0 Å². The summed E-state index contributed by atoms with van der Waals surface area (Å²) in [6.07, 6.45) is 0.292. The van der Waals surface area contributed by atoms with Gasteiger partial charge in [0.2, 0.25) is 0 Å². The fourth-order valence-electron chi connectivity index (χ4n) is 0.927. The van der Waals surface area contributed by atoms with Crippen molar-refractivity contribution in [2.24, 2.45) is 0 Å². The van der Waals surface area contributed by atoms with Crippen LogP contribution in [0.5, 0.6) is 0 Å². The number of ketones is 1. The quantitative estimate of drug-likeness (QED) is 0.549. The summed E-state index contributed by atoms with van der Waals surface area (Å²) >= 11 is 11.2. The first-order chi connectivity index (χ1) is 6.06. The Bertz CT molecular complexity index is 350. The minimum Gasteiger partial charge on any atom is -0.294 e. The summed E-state index contributed by atoms with van der Waals surface area (Å²) in [5.74, 6) is -0.816. The smallest absolute Gasteiger partial charge is 0.164 e. The number of Topliss-reactive ketones (excluding diaryl/α,β-unsaturated/α-hetero) is 1. The molecule has 0 atom stereocenters. The Kier molecular flexibility index (Phi) is 3.28. The SMILES string of the molecule is CCC(=O)c1cc(F)c(Cl)cc1Cl. The second kappa shape index (κ2) is 4.07. The molecule has 0 heterocycles. The van der Waals surface area contributed by atoms with Crippen LogP contribution in [-0.4, -0.2) is 5.78 Å². The summed E-state index contributed by atoms with van der Waals surface area (Å²) < 4.78 is 12.9. The van der Waals surface area contributed by atoms with E-state index in [-0.39, 0.29) is 21.4 Å². The molecule has 13 heavy (non-hydrogen) atoms. The Morgan fingerprint density at radius 2 is 2.00 bits per heavy atom. The van der Waals surface area contributed by atoms with Crippen molar-refractivity contribution in [3.63, 3.8) is 0 Å². The summed E-state index contributed by atoms with van der Waals surface area (Å²) in [6, 6.07) is 2.30. The summed E-state index contributed by atoms with van der Waals surface area (Å²) in [5, 5.41) is 0.121. The summed E-state index contributed by atoms with van der Waals surface area (Å²) in [5.41, 5.74) is 0.186. The van der Waals surface area contributed by atoms with E-state index >= 15 is 0 Å². The van der Waals surface area contributed by atoms with E-state index in [1.165, 1.54) is 6.07 Å². The van der Waals surface area contributed by atoms with Crippen molar-refractivity contribution in [3.05, 3.63) is 33.6 Å². The Morgan fingerprint density at radius 3 is 2.54 bits per heavy atom. The van der Waals surface area contributed by atoms with E-state index in [4.69, 9.17) is 23.2 Å². The number of carbonyl (C=O) groups excluding carboxylic acids is 1. The molecule has 0 aromatic heterocycles. The van der Waals surface area contributed by atoms with Gasteiger partial charge in [0, 0.05) is 12.0 Å². The third-order valence-electron chi connectivity index (χ3n) is 1.63. The van der Waals surface area contributed by atoms with Crippen LogP contribution in [0.4, 0.5) is 4.39 Å². The van der Waals surface area contributed by atoms with E-state index in [1.54, 1.807) is 6.92 Å². The summed E-state index contributed by atoms with van der Waals surface area (Å²) in [6.45, 7) is 1.69. The molecule has 0 fully saturated rings. The molecule has 0 N–H and O–H groups in total. The van der Waals surface area contributed by atoms with Gasteiger partial charge in [0.25, 0.3) is 0 Å². The number of benzene rings is 1. The molecule has 0 saturated heterocycles. The van der Waals surface area contributed by atoms with E-state index < -0.39 is 5.82 Å². The van der Waals surface area contributed by atoms with Gasteiger partial charge < -0.3 is 0 Å². The molecule has 1 aromatic rings. The highest BCUT2D eigenvalue weighted by Crippen LogP contribution is 2.25. The number of hydrogen-bond donors (Lipinski definition) is 0. The van der Waals surface area contributed by atoms with Crippen LogP contribution in [0.1, 0.15) is 23.7 Å². The third kappa shape index (κ3) is 2.20. The Balaban J connectivity index is 3.23. The molecule has 0 amide bonds. The molecule has 0 aliphatic carbocycles. The van der Waals surface area contributed by atoms with E-state index in [9.17, 15) is 9.18 Å². The largest absolute Gasteiger partial charge is 0.294 e. The normalized spacial score (nSPS) is 10.2. The van der Waals surface area contributed by atoms with Crippen LogP contribution >= 0.6 is 23.2 Å². The van der Waals surface area contributed by atoms with E-state index in [2.05, 4.69) is 0 Å². The van der Waals surface area contributed by atoms with Crippen molar-refractivity contribution in [2.45, 2.75) is 13.3 Å². The summed E-state index contributed by atoms with van der Waals surface area (Å²) in [7, 11) is 0. The highest BCUT2D eigenvalue weighted by Gasteiger charge is 2.11. The van der Waals surface area contributed by atoms with Crippen LogP contribution in [0, 0.1) is 5.82 Å². The van der Waals surface area contributed by atoms with E-state index in [0.29, 0.717) is 6.42 Å². The molecule has 1 aromatic carbocycles. The Morgan fingerprint density at radius 1 is 1.38 bits per heavy atom. The number of halogens is 3. The molecule has 70 valence electrons. The van der Waals surface area contributed by atoms with Gasteiger partial charge in [-0.2, -0.15) is 0 Å². The lowest BCUT2D eigenvalue weighted by Crippen LogP contribution is -1.98. The molecule has 1 nitrogen and oxygen atoms in total. The van der Waals surface area contributed by atoms with Gasteiger partial charge in [-0.15, -0.1) is 0 Å². The average Bonchev–Trinajstić information content (AvgIpc) is 2.10. The molecule has 0 bridgehead atoms. The van der Waals surface area contributed by atoms with Crippen LogP contribution in [0.2, 0.25) is 10.0 Å². The second-order valence-electron chi connectivity index (χ2n) is 2.52. The fourth-order valence-corrected chi connectivity index (χ4v) is 1.42. The van der Waals surface area contributed by atoms with E-state index in [1.807, 2.05) is 0 Å². The molecule has 0 spiro atoms. The maximum Gasteiger partial charge on any atom is 0.164 e. The molecule has 0 aliphatic rings. The third-order valence-corrected chi connectivity index (χ3v) is 2.23. The van der Waals surface area contributed by atoms with Crippen LogP contribution in [0.3, 0.4) is 0 Å². The predicted octanol–water partition coefficient (Wildman–Crippen LogP) is 3.73. The highest BCUT2D eigenvalue weighted by molar-refractivity contribution is 6.36. The first-order valence-corrected chi connectivity index (χ1v) is 4.49. The van der Waals surface area contributed by atoms with Gasteiger partial charge in [0.15, 0.2) is 5.78 Å². The van der Waals surface area contributed by atoms with Gasteiger partial charge in [-0.25, -0.2) is 4.39 Å². The second-order valence-corrected chi connectivity index (χ2v) is 3.34. The lowest BCUT2D eigenvalue weighted by Gasteiger charge is -2.02. The molecule has 1 rings (SSSR count). The molecule has 0 radical (unpaired) electrons. The van der Waals surface area contributed by atoms with E-state index in [0.717, 1.165) is 6.07 Å². The Hall–Kier alpha value is -0.600. The maximum absolute atomic E-state index is 12.9. The molecule has 0 unspecified atom stereocenters. The monoisotopic (exact) mass is 220 g/mol. The number of rotatable bonds is 2. The van der Waals surface area contributed by atoms with Gasteiger partial charge in [0.1, 0.15) is 5.82 Å². The van der Waals surface area contributed by atoms with Gasteiger partial charge in [-0.05, 0) is 12.1 Å². The first kappa shape index (κ1) is 10.5. The molecular formula is C9H7Cl2FO. The highest BCUT2D eigenvalue weighted by atomic mass is 35.5. The first-order valence-electron chi connectivity index (χ1n) is 3.74. The molecular weight excluding hydrogens is 214 g/mol. The minimum atomic E-state index is -0.622. The predicted molar refractivity (Wildman–Crippen MR) is 51.0 cm³/mol. The van der Waals surface area contributed by atoms with Gasteiger partial charge >= 0.3 is 0 Å². The fraction of sp³-hybridized carbons (Fsp3) is 0.222. The maximum atomic E-state index is 12.9. The number of carbonyl (C=O) groups is 1. The zero-order valence-electron chi connectivity index (χ0n) is 6.90. The van der Waals surface area contributed by atoms with Crippen molar-refractivity contribution in [1.82, 2.24) is 0 Å². The standard InChI is InChI=1S/C9H7Cl2FO/c1-2-9(13)5-3-8(12)7(11)4-6(5)10/h3-4H,2H2,1H3. The lowest BCUT2D eigenvalue weighted by molar-refractivity contribution is 0.0988. The van der Waals surface area contributed by atoms with Crippen molar-refractivity contribution in [2.75, 3.05) is 0 Å². The Labute approximate surface area is 85.5 Å². The topological polar surface area (TPSA) is 17.1 Å². The van der Waals surface area contributed by atoms with Crippen LogP contribution in [0.25, 0.3) is 0 Å². The van der Waals surface area contributed by atoms with Gasteiger partial charge in [-0.1, -0.05) is 30.1 Å². The van der Waals surface area contributed by atoms with Crippen LogP contribution in [-0.2, 0) is 0 Å². The molecule has 0 aliphatic heterocycles. The van der Waals surface area contributed by atoms with Crippen molar-refractivity contribution in [1.29, 1.82) is 0 Å². The average molecular weight is 221 g/mol. The lowest BCUT2D eigenvalue weighted by atomic mass is 10.1. The zero-order chi connectivity index (χ0) is 10.0. The number of hydrogen-bond acceptors (Lipinski definition) is 1. The molecule has 4 heteroatoms. The van der Waals surface area contributed by atoms with Crippen molar-refractivity contribution >= 4 is 29.0 Å². The minimum absolute atomic E-state index is 0.0716. The van der Waals surface area contributed by atoms with Gasteiger partial charge in [0.05, 0.1) is 10.0 Å². The summed E-state index contributed by atoms with van der Waals surface area (Å²) in [4.78, 5) is 11.2. The molecule has 0 saturated carbocycles. The van der Waals surface area contributed by atoms with Crippen LogP contribution in [0.15, 0.2) is 12.1 Å².